The largest absolute Gasteiger partial charge is 0.490 e. The minimum atomic E-state index is -5.08. The molecule has 0 aliphatic rings. The van der Waals surface area contributed by atoms with Crippen LogP contribution in [0, 0.1) is 0 Å². The van der Waals surface area contributed by atoms with Gasteiger partial charge in [-0.05, 0) is 41.0 Å². The molecule has 1 heterocycles. The van der Waals surface area contributed by atoms with E-state index in [-0.39, 0.29) is 16.8 Å². The van der Waals surface area contributed by atoms with E-state index < -0.39 is 12.1 Å². The average molecular weight is 470 g/mol. The van der Waals surface area contributed by atoms with Crippen molar-refractivity contribution in [3.63, 3.8) is 0 Å². The van der Waals surface area contributed by atoms with Crippen LogP contribution in [0.4, 0.5) is 13.2 Å². The molecule has 182 valence electrons. The lowest BCUT2D eigenvalue weighted by atomic mass is 9.80. The van der Waals surface area contributed by atoms with Gasteiger partial charge in [0.2, 0.25) is 5.96 Å². The molecule has 0 bridgehead atoms. The van der Waals surface area contributed by atoms with E-state index in [1.807, 2.05) is 6.20 Å². The molecule has 33 heavy (non-hydrogen) atoms. The fourth-order valence-electron chi connectivity index (χ4n) is 2.35. The summed E-state index contributed by atoms with van der Waals surface area (Å²) in [5.74, 6) is -2.85. The van der Waals surface area contributed by atoms with Crippen molar-refractivity contribution in [2.45, 2.75) is 65.5 Å². The maximum atomic E-state index is 10.6. The van der Waals surface area contributed by atoms with Gasteiger partial charge in [0.1, 0.15) is 5.69 Å². The first-order chi connectivity index (χ1) is 14.8. The minimum Gasteiger partial charge on any atom is -0.475 e. The molecule has 0 spiro atoms. The van der Waals surface area contributed by atoms with Crippen LogP contribution in [0.3, 0.4) is 0 Å². The molecular weight excluding hydrogens is 439 g/mol. The second-order valence-electron chi connectivity index (χ2n) is 9.33. The molecule has 2 rings (SSSR count). The fraction of sp³-hybridized carbons (Fsp3) is 0.476. The number of halogens is 3. The van der Waals surface area contributed by atoms with Gasteiger partial charge in [-0.25, -0.2) is 9.48 Å². The first-order valence-electron chi connectivity index (χ1n) is 9.85. The smallest absolute Gasteiger partial charge is 0.475 e. The highest BCUT2D eigenvalue weighted by Crippen LogP contribution is 2.31. The van der Waals surface area contributed by atoms with Crippen LogP contribution in [0.1, 0.15) is 65.3 Å². The Morgan fingerprint density at radius 2 is 1.42 bits per heavy atom. The number of guanidine groups is 1. The number of carboxylic acids is 1. The number of alkyl halides is 3. The van der Waals surface area contributed by atoms with Crippen LogP contribution in [-0.4, -0.2) is 43.9 Å². The maximum absolute atomic E-state index is 10.6. The van der Waals surface area contributed by atoms with E-state index in [1.54, 1.807) is 11.6 Å². The summed E-state index contributed by atoms with van der Waals surface area (Å²) in [6.07, 6.45) is -3.25. The van der Waals surface area contributed by atoms with Gasteiger partial charge >= 0.3 is 12.1 Å². The van der Waals surface area contributed by atoms with Gasteiger partial charge in [-0.1, -0.05) is 52.8 Å². The van der Waals surface area contributed by atoms with Crippen LogP contribution in [0.2, 0.25) is 0 Å². The Hall–Kier alpha value is -3.44. The number of carboxylic acid groups (broad SMARTS) is 1. The highest BCUT2D eigenvalue weighted by Gasteiger charge is 2.38. The molecule has 0 amide bonds. The molecule has 2 aromatic rings. The predicted octanol–water partition coefficient (Wildman–Crippen LogP) is 3.49. The van der Waals surface area contributed by atoms with Crippen LogP contribution in [-0.2, 0) is 15.6 Å². The van der Waals surface area contributed by atoms with Gasteiger partial charge in [-0.2, -0.15) is 13.2 Å². The van der Waals surface area contributed by atoms with Crippen LogP contribution in [0.25, 0.3) is 5.69 Å². The molecule has 0 radical (unpaired) electrons. The molecule has 0 saturated heterocycles. The van der Waals surface area contributed by atoms with Gasteiger partial charge in [0.15, 0.2) is 0 Å². The van der Waals surface area contributed by atoms with E-state index in [2.05, 4.69) is 80.3 Å². The minimum absolute atomic E-state index is 0.0319. The summed E-state index contributed by atoms with van der Waals surface area (Å²) in [6, 6.07) is 6.57. The molecular formula is C21H30F3N7O2. The Bertz CT molecular complexity index is 1010. The van der Waals surface area contributed by atoms with E-state index in [4.69, 9.17) is 21.4 Å². The average Bonchev–Trinajstić information content (AvgIpc) is 3.14. The van der Waals surface area contributed by atoms with E-state index in [9.17, 15) is 13.2 Å². The molecule has 0 aliphatic carbocycles. The Kier molecular flexibility index (Phi) is 8.37. The number of hydrogen-bond acceptors (Lipinski definition) is 5. The molecule has 9 nitrogen and oxygen atoms in total. The van der Waals surface area contributed by atoms with Crippen molar-refractivity contribution in [1.82, 2.24) is 15.0 Å². The standard InChI is InChI=1S/C19H29N7.C2HF3O2/c1-12(22-24-17(20)21)16-11-26(25-23-16)15-9-13(18(2,3)4)8-14(10-15)19(5,6)7;3-2(4,5)1(6)7/h8-11H,1-7H3,(H4,20,21,24);(H,6,7)/b22-12+;. The number of nitrogens with two attached hydrogens (primary N) is 2. The molecule has 0 aliphatic heterocycles. The van der Waals surface area contributed by atoms with Gasteiger partial charge in [0.05, 0.1) is 17.6 Å². The van der Waals surface area contributed by atoms with E-state index in [1.165, 1.54) is 11.1 Å². The van der Waals surface area contributed by atoms with Gasteiger partial charge in [0, 0.05) is 0 Å². The Morgan fingerprint density at radius 1 is 0.970 bits per heavy atom. The first kappa shape index (κ1) is 27.6. The van der Waals surface area contributed by atoms with Gasteiger partial charge in [0.25, 0.3) is 0 Å². The molecule has 0 unspecified atom stereocenters. The monoisotopic (exact) mass is 469 g/mol. The summed E-state index contributed by atoms with van der Waals surface area (Å²) in [5, 5.41) is 23.2. The number of nitrogens with zero attached hydrogens (tertiary/aromatic N) is 5. The zero-order valence-corrected chi connectivity index (χ0v) is 19.7. The van der Waals surface area contributed by atoms with Crippen molar-refractivity contribution in [1.29, 1.82) is 0 Å². The summed E-state index contributed by atoms with van der Waals surface area (Å²) in [7, 11) is 0. The van der Waals surface area contributed by atoms with Crippen molar-refractivity contribution in [3.8, 4) is 5.69 Å². The highest BCUT2D eigenvalue weighted by molar-refractivity contribution is 5.97. The summed E-state index contributed by atoms with van der Waals surface area (Å²) >= 11 is 0. The molecule has 0 saturated carbocycles. The van der Waals surface area contributed by atoms with Crippen LogP contribution >= 0.6 is 0 Å². The summed E-state index contributed by atoms with van der Waals surface area (Å²) in [5.41, 5.74) is 15.4. The Morgan fingerprint density at radius 3 is 1.79 bits per heavy atom. The molecule has 0 atom stereocenters. The summed E-state index contributed by atoms with van der Waals surface area (Å²) in [6.45, 7) is 15.0. The van der Waals surface area contributed by atoms with Crippen molar-refractivity contribution in [2.24, 2.45) is 21.7 Å². The Labute approximate surface area is 190 Å². The number of aliphatic carboxylic acids is 1. The number of hydrogen-bond donors (Lipinski definition) is 3. The number of carbonyl (C=O) groups is 1. The zero-order chi connectivity index (χ0) is 25.8. The van der Waals surface area contributed by atoms with E-state index in [0.717, 1.165) is 5.69 Å². The third-order valence-corrected chi connectivity index (χ3v) is 4.34. The number of aromatic nitrogens is 3. The van der Waals surface area contributed by atoms with Crippen molar-refractivity contribution in [3.05, 3.63) is 41.2 Å². The number of rotatable bonds is 3. The normalized spacial score (nSPS) is 12.6. The fourth-order valence-corrected chi connectivity index (χ4v) is 2.35. The molecule has 1 aromatic heterocycles. The maximum Gasteiger partial charge on any atom is 0.490 e. The van der Waals surface area contributed by atoms with Crippen molar-refractivity contribution in [2.75, 3.05) is 0 Å². The first-order valence-corrected chi connectivity index (χ1v) is 9.85. The quantitative estimate of drug-likeness (QED) is 0.356. The molecule has 0 fully saturated rings. The third kappa shape index (κ3) is 8.54. The molecule has 12 heteroatoms. The number of benzene rings is 1. The van der Waals surface area contributed by atoms with Gasteiger partial charge in [-0.3, -0.25) is 0 Å². The van der Waals surface area contributed by atoms with E-state index in [0.29, 0.717) is 11.4 Å². The summed E-state index contributed by atoms with van der Waals surface area (Å²) < 4.78 is 33.5. The Balaban J connectivity index is 0.000000675. The molecule has 1 aromatic carbocycles. The van der Waals surface area contributed by atoms with Gasteiger partial charge in [-0.15, -0.1) is 15.3 Å². The van der Waals surface area contributed by atoms with Crippen molar-refractivity contribution >= 4 is 17.6 Å². The van der Waals surface area contributed by atoms with E-state index >= 15 is 0 Å². The highest BCUT2D eigenvalue weighted by atomic mass is 19.4. The lowest BCUT2D eigenvalue weighted by Gasteiger charge is -2.26. The third-order valence-electron chi connectivity index (χ3n) is 4.34. The predicted molar refractivity (Wildman–Crippen MR) is 120 cm³/mol. The molecule has 5 N–H and O–H groups in total. The van der Waals surface area contributed by atoms with Gasteiger partial charge < -0.3 is 16.6 Å². The lowest BCUT2D eigenvalue weighted by molar-refractivity contribution is -0.192. The van der Waals surface area contributed by atoms with Crippen molar-refractivity contribution < 1.29 is 23.1 Å². The topological polar surface area (TPSA) is 145 Å². The second-order valence-corrected chi connectivity index (χ2v) is 9.33. The summed E-state index contributed by atoms with van der Waals surface area (Å²) in [4.78, 5) is 8.90. The van der Waals surface area contributed by atoms with Crippen LogP contribution in [0.5, 0.6) is 0 Å². The van der Waals surface area contributed by atoms with Crippen LogP contribution in [0.15, 0.2) is 34.6 Å². The lowest BCUT2D eigenvalue weighted by Crippen LogP contribution is -2.22. The van der Waals surface area contributed by atoms with Crippen LogP contribution < -0.4 is 11.5 Å². The SMILES string of the molecule is C/C(=N\N=C(N)N)c1cn(-c2cc(C(C)(C)C)cc(C(C)(C)C)c2)nn1.O=C(O)C(F)(F)F. The zero-order valence-electron chi connectivity index (χ0n) is 19.7. The second kappa shape index (κ2) is 10.0.